The van der Waals surface area contributed by atoms with E-state index < -0.39 is 0 Å². The normalized spacial score (nSPS) is 18.0. The van der Waals surface area contributed by atoms with Gasteiger partial charge in [0.15, 0.2) is 0 Å². The van der Waals surface area contributed by atoms with Crippen LogP contribution in [-0.2, 0) is 0 Å². The van der Waals surface area contributed by atoms with Crippen molar-refractivity contribution in [2.45, 2.75) is 32.7 Å². The zero-order valence-corrected chi connectivity index (χ0v) is 14.0. The van der Waals surface area contributed by atoms with Crippen LogP contribution in [0.2, 0.25) is 0 Å². The van der Waals surface area contributed by atoms with Crippen LogP contribution >= 0.6 is 0 Å². The van der Waals surface area contributed by atoms with Crippen molar-refractivity contribution < 1.29 is 0 Å². The number of rotatable bonds is 3. The lowest BCUT2D eigenvalue weighted by Crippen LogP contribution is -2.33. The highest BCUT2D eigenvalue weighted by Crippen LogP contribution is 2.38. The number of aromatic amines is 1. The molecule has 1 aliphatic heterocycles. The summed E-state index contributed by atoms with van der Waals surface area (Å²) in [6.45, 7) is 5.67. The smallest absolute Gasteiger partial charge is 0.220 e. The number of hydrogen-bond acceptors (Lipinski definition) is 5. The van der Waals surface area contributed by atoms with Crippen LogP contribution in [0, 0.1) is 5.92 Å². The van der Waals surface area contributed by atoms with Crippen molar-refractivity contribution in [2.24, 2.45) is 5.92 Å². The van der Waals surface area contributed by atoms with E-state index in [0.717, 1.165) is 28.8 Å². The van der Waals surface area contributed by atoms with Gasteiger partial charge in [-0.3, -0.25) is 0 Å². The first-order valence-corrected chi connectivity index (χ1v) is 8.47. The molecule has 0 radical (unpaired) electrons. The molecule has 0 bridgehead atoms. The number of H-pyrrole nitrogens is 1. The third-order valence-corrected chi connectivity index (χ3v) is 4.88. The fourth-order valence-electron chi connectivity index (χ4n) is 3.79. The number of nitrogens with two attached hydrogens (primary N) is 1. The van der Waals surface area contributed by atoms with Gasteiger partial charge in [-0.05, 0) is 30.9 Å². The highest BCUT2D eigenvalue weighted by molar-refractivity contribution is 6.02. The number of hydrogen-bond donors (Lipinski definition) is 2. The lowest BCUT2D eigenvalue weighted by atomic mass is 10.0. The van der Waals surface area contributed by atoms with E-state index in [0.29, 0.717) is 12.0 Å². The highest BCUT2D eigenvalue weighted by atomic mass is 15.2. The molecule has 24 heavy (non-hydrogen) atoms. The van der Waals surface area contributed by atoms with Crippen LogP contribution in [0.25, 0.3) is 22.3 Å². The van der Waals surface area contributed by atoms with E-state index in [1.807, 2.05) is 18.5 Å². The SMILES string of the molecule is CC(C)C1CCCN1c1ccnc2[nH]cc(-c3ccnc(N)n3)c12. The van der Waals surface area contributed by atoms with Gasteiger partial charge in [0.05, 0.1) is 16.8 Å². The van der Waals surface area contributed by atoms with E-state index >= 15 is 0 Å². The largest absolute Gasteiger partial charge is 0.368 e. The first-order valence-electron chi connectivity index (χ1n) is 8.47. The Bertz CT molecular complexity index is 869. The van der Waals surface area contributed by atoms with Crippen molar-refractivity contribution in [1.29, 1.82) is 0 Å². The summed E-state index contributed by atoms with van der Waals surface area (Å²) in [4.78, 5) is 18.7. The minimum atomic E-state index is 0.286. The minimum absolute atomic E-state index is 0.286. The van der Waals surface area contributed by atoms with Crippen LogP contribution in [0.1, 0.15) is 26.7 Å². The highest BCUT2D eigenvalue weighted by Gasteiger charge is 2.29. The van der Waals surface area contributed by atoms with Gasteiger partial charge in [-0.2, -0.15) is 0 Å². The maximum atomic E-state index is 5.77. The van der Waals surface area contributed by atoms with Crippen molar-refractivity contribution in [3.63, 3.8) is 0 Å². The zero-order chi connectivity index (χ0) is 16.7. The van der Waals surface area contributed by atoms with Crippen LogP contribution in [-0.4, -0.2) is 32.5 Å². The second kappa shape index (κ2) is 5.78. The fraction of sp³-hybridized carbons (Fsp3) is 0.389. The predicted octanol–water partition coefficient (Wildman–Crippen LogP) is 3.23. The Morgan fingerprint density at radius 1 is 1.25 bits per heavy atom. The van der Waals surface area contributed by atoms with E-state index in [9.17, 15) is 0 Å². The molecule has 0 spiro atoms. The number of anilines is 2. The molecular formula is C18H22N6. The van der Waals surface area contributed by atoms with E-state index in [1.165, 1.54) is 18.5 Å². The molecule has 4 rings (SSSR count). The first kappa shape index (κ1) is 14.9. The number of nitrogens with zero attached hydrogens (tertiary/aromatic N) is 4. The molecule has 6 nitrogen and oxygen atoms in total. The molecule has 0 aromatic carbocycles. The zero-order valence-electron chi connectivity index (χ0n) is 14.0. The Balaban J connectivity index is 1.89. The Hall–Kier alpha value is -2.63. The monoisotopic (exact) mass is 322 g/mol. The van der Waals surface area contributed by atoms with Gasteiger partial charge < -0.3 is 15.6 Å². The molecule has 4 heterocycles. The lowest BCUT2D eigenvalue weighted by molar-refractivity contribution is 0.492. The lowest BCUT2D eigenvalue weighted by Gasteiger charge is -2.30. The summed E-state index contributed by atoms with van der Waals surface area (Å²) < 4.78 is 0. The molecule has 0 amide bonds. The second-order valence-corrected chi connectivity index (χ2v) is 6.70. The number of nitrogen functional groups attached to an aromatic ring is 1. The third-order valence-electron chi connectivity index (χ3n) is 4.88. The Labute approximate surface area is 141 Å². The van der Waals surface area contributed by atoms with Crippen LogP contribution < -0.4 is 10.6 Å². The average Bonchev–Trinajstić information content (AvgIpc) is 3.21. The van der Waals surface area contributed by atoms with Crippen molar-refractivity contribution >= 4 is 22.7 Å². The topological polar surface area (TPSA) is 83.7 Å². The third kappa shape index (κ3) is 2.38. The van der Waals surface area contributed by atoms with E-state index in [4.69, 9.17) is 5.73 Å². The molecule has 1 unspecified atom stereocenters. The predicted molar refractivity (Wildman–Crippen MR) is 96.7 cm³/mol. The summed E-state index contributed by atoms with van der Waals surface area (Å²) in [5.74, 6) is 0.904. The van der Waals surface area contributed by atoms with Gasteiger partial charge in [-0.15, -0.1) is 0 Å². The van der Waals surface area contributed by atoms with Gasteiger partial charge in [-0.25, -0.2) is 15.0 Å². The maximum absolute atomic E-state index is 5.77. The van der Waals surface area contributed by atoms with E-state index in [-0.39, 0.29) is 5.95 Å². The van der Waals surface area contributed by atoms with E-state index in [1.54, 1.807) is 6.20 Å². The van der Waals surface area contributed by atoms with Crippen molar-refractivity contribution in [3.8, 4) is 11.3 Å². The molecule has 124 valence electrons. The molecule has 3 aromatic rings. The van der Waals surface area contributed by atoms with Gasteiger partial charge in [-0.1, -0.05) is 13.8 Å². The van der Waals surface area contributed by atoms with Crippen LogP contribution in [0.3, 0.4) is 0 Å². The molecule has 1 fully saturated rings. The molecule has 3 aromatic heterocycles. The molecule has 0 aliphatic carbocycles. The van der Waals surface area contributed by atoms with Gasteiger partial charge in [0.1, 0.15) is 5.65 Å². The molecule has 0 saturated carbocycles. The summed E-state index contributed by atoms with van der Waals surface area (Å²) in [6, 6.07) is 4.57. The standard InChI is InChI=1S/C18H22N6/c1-11(2)14-4-3-9-24(14)15-6-8-20-17-16(15)12(10-22-17)13-5-7-21-18(19)23-13/h5-8,10-11,14H,3-4,9H2,1-2H3,(H,20,22)(H2,19,21,23). The Morgan fingerprint density at radius 3 is 2.88 bits per heavy atom. The fourth-order valence-corrected chi connectivity index (χ4v) is 3.79. The number of nitrogens with one attached hydrogen (secondary N) is 1. The average molecular weight is 322 g/mol. The summed E-state index contributed by atoms with van der Waals surface area (Å²) in [7, 11) is 0. The van der Waals surface area contributed by atoms with Gasteiger partial charge in [0.2, 0.25) is 5.95 Å². The quantitative estimate of drug-likeness (QED) is 0.773. The maximum Gasteiger partial charge on any atom is 0.220 e. The first-order chi connectivity index (χ1) is 11.6. The summed E-state index contributed by atoms with van der Waals surface area (Å²) in [5, 5.41) is 1.11. The number of aromatic nitrogens is 4. The molecule has 1 aliphatic rings. The van der Waals surface area contributed by atoms with Crippen LogP contribution in [0.4, 0.5) is 11.6 Å². The van der Waals surface area contributed by atoms with Crippen molar-refractivity contribution in [3.05, 3.63) is 30.7 Å². The Morgan fingerprint density at radius 2 is 2.08 bits per heavy atom. The minimum Gasteiger partial charge on any atom is -0.368 e. The molecule has 1 saturated heterocycles. The van der Waals surface area contributed by atoms with E-state index in [2.05, 4.69) is 44.7 Å². The summed E-state index contributed by atoms with van der Waals surface area (Å²) in [6.07, 6.45) is 8.00. The summed E-state index contributed by atoms with van der Waals surface area (Å²) in [5.41, 5.74) is 9.73. The van der Waals surface area contributed by atoms with Crippen molar-refractivity contribution in [2.75, 3.05) is 17.2 Å². The second-order valence-electron chi connectivity index (χ2n) is 6.70. The van der Waals surface area contributed by atoms with Gasteiger partial charge in [0.25, 0.3) is 0 Å². The van der Waals surface area contributed by atoms with Gasteiger partial charge in [0, 0.05) is 36.7 Å². The molecule has 3 N–H and O–H groups in total. The summed E-state index contributed by atoms with van der Waals surface area (Å²) >= 11 is 0. The molecular weight excluding hydrogens is 300 g/mol. The molecule has 6 heteroatoms. The van der Waals surface area contributed by atoms with Crippen LogP contribution in [0.15, 0.2) is 30.7 Å². The van der Waals surface area contributed by atoms with Gasteiger partial charge >= 0.3 is 0 Å². The van der Waals surface area contributed by atoms with Crippen LogP contribution in [0.5, 0.6) is 0 Å². The number of fused-ring (bicyclic) bond motifs is 1. The Kier molecular flexibility index (Phi) is 3.59. The molecule has 1 atom stereocenters. The van der Waals surface area contributed by atoms with Crippen molar-refractivity contribution in [1.82, 2.24) is 19.9 Å². The number of pyridine rings is 1.